The molecular formula is C23H21F4N7OS. The lowest BCUT2D eigenvalue weighted by molar-refractivity contribution is -0.144. The maximum atomic E-state index is 13.6. The quantitative estimate of drug-likeness (QED) is 0.375. The second kappa shape index (κ2) is 8.37. The number of nitrogens with zero attached hydrogens (tertiary/aromatic N) is 5. The van der Waals surface area contributed by atoms with Crippen LogP contribution in [-0.4, -0.2) is 43.7 Å². The van der Waals surface area contributed by atoms with Crippen LogP contribution in [0.4, 0.5) is 29.2 Å². The lowest BCUT2D eigenvalue weighted by Crippen LogP contribution is -2.30. The van der Waals surface area contributed by atoms with Crippen LogP contribution in [-0.2, 0) is 24.9 Å². The van der Waals surface area contributed by atoms with Crippen LogP contribution in [0.25, 0.3) is 16.2 Å². The van der Waals surface area contributed by atoms with Gasteiger partial charge < -0.3 is 10.6 Å². The van der Waals surface area contributed by atoms with E-state index in [1.807, 2.05) is 18.2 Å². The monoisotopic (exact) mass is 519 g/mol. The van der Waals surface area contributed by atoms with Gasteiger partial charge in [0.05, 0.1) is 5.69 Å². The average molecular weight is 520 g/mol. The van der Waals surface area contributed by atoms with E-state index in [4.69, 9.17) is 0 Å². The fraction of sp³-hybridized carbons (Fsp3) is 0.391. The third-order valence-electron chi connectivity index (χ3n) is 6.68. The van der Waals surface area contributed by atoms with Crippen LogP contribution in [0, 0.1) is 0 Å². The smallest absolute Gasteiger partial charge is 0.324 e. The van der Waals surface area contributed by atoms with Crippen molar-refractivity contribution in [1.82, 2.24) is 29.6 Å². The Morgan fingerprint density at radius 3 is 2.78 bits per heavy atom. The number of alkyl halides is 4. The summed E-state index contributed by atoms with van der Waals surface area (Å²) in [5.74, 6) is 0.133. The zero-order valence-corrected chi connectivity index (χ0v) is 19.7. The Morgan fingerprint density at radius 2 is 2.03 bits per heavy atom. The largest absolute Gasteiger partial charge is 0.408 e. The summed E-state index contributed by atoms with van der Waals surface area (Å²) in [6.07, 6.45) is -1.31. The summed E-state index contributed by atoms with van der Waals surface area (Å²) in [6, 6.07) is 5.86. The molecular weight excluding hydrogens is 498 g/mol. The van der Waals surface area contributed by atoms with Gasteiger partial charge in [-0.15, -0.1) is 11.3 Å². The fourth-order valence-electron chi connectivity index (χ4n) is 4.49. The number of benzene rings is 1. The van der Waals surface area contributed by atoms with E-state index in [2.05, 4.69) is 25.6 Å². The summed E-state index contributed by atoms with van der Waals surface area (Å²) in [7, 11) is 0. The Balaban J connectivity index is 1.44. The van der Waals surface area contributed by atoms with Crippen molar-refractivity contribution in [2.75, 3.05) is 18.5 Å². The van der Waals surface area contributed by atoms with E-state index < -0.39 is 30.4 Å². The molecule has 4 heterocycles. The van der Waals surface area contributed by atoms with Crippen molar-refractivity contribution in [2.24, 2.45) is 0 Å². The normalized spacial score (nSPS) is 16.8. The van der Waals surface area contributed by atoms with Crippen LogP contribution >= 0.6 is 11.3 Å². The third-order valence-corrected chi connectivity index (χ3v) is 7.50. The maximum Gasteiger partial charge on any atom is 0.408 e. The van der Waals surface area contributed by atoms with E-state index in [0.717, 1.165) is 41.2 Å². The van der Waals surface area contributed by atoms with E-state index in [0.29, 0.717) is 23.2 Å². The summed E-state index contributed by atoms with van der Waals surface area (Å²) in [4.78, 5) is 26.0. The lowest BCUT2D eigenvalue weighted by atomic mass is 10.0. The number of rotatable bonds is 6. The van der Waals surface area contributed by atoms with Crippen molar-refractivity contribution in [3.05, 3.63) is 57.0 Å². The SMILES string of the molecule is O=c1c2cnc(Nc3ccc4c(c3)CCNC4)nc2n(-c2nc(C3(CF)CC3)cs2)n1CC(F)(F)F. The molecule has 0 amide bonds. The first-order valence-corrected chi connectivity index (χ1v) is 12.3. The minimum Gasteiger partial charge on any atom is -0.324 e. The van der Waals surface area contributed by atoms with Crippen molar-refractivity contribution in [3.8, 4) is 5.13 Å². The molecule has 0 spiro atoms. The minimum atomic E-state index is -4.65. The Morgan fingerprint density at radius 1 is 1.19 bits per heavy atom. The first-order chi connectivity index (χ1) is 17.3. The highest BCUT2D eigenvalue weighted by Gasteiger charge is 2.46. The van der Waals surface area contributed by atoms with Gasteiger partial charge in [0.25, 0.3) is 5.56 Å². The number of aromatic nitrogens is 5. The molecule has 13 heteroatoms. The molecule has 1 aromatic carbocycles. The molecule has 36 heavy (non-hydrogen) atoms. The van der Waals surface area contributed by atoms with E-state index in [-0.39, 0.29) is 22.1 Å². The molecule has 2 N–H and O–H groups in total. The topological polar surface area (TPSA) is 89.7 Å². The number of anilines is 2. The summed E-state index contributed by atoms with van der Waals surface area (Å²) in [5, 5.41) is 8.09. The van der Waals surface area contributed by atoms with Crippen molar-refractivity contribution < 1.29 is 17.6 Å². The molecule has 0 bridgehead atoms. The van der Waals surface area contributed by atoms with Gasteiger partial charge in [0.1, 0.15) is 18.6 Å². The van der Waals surface area contributed by atoms with E-state index in [9.17, 15) is 22.4 Å². The van der Waals surface area contributed by atoms with Gasteiger partial charge in [0.2, 0.25) is 11.1 Å². The molecule has 188 valence electrons. The van der Waals surface area contributed by atoms with Crippen LogP contribution < -0.4 is 16.2 Å². The molecule has 8 nitrogen and oxygen atoms in total. The summed E-state index contributed by atoms with van der Waals surface area (Å²) in [5.41, 5.74) is 2.03. The molecule has 0 unspecified atom stereocenters. The standard InChI is InChI=1S/C23H21F4N7OS/c24-11-22(4-5-22)17-10-36-21(31-17)34-18-16(19(35)33(34)12-23(25,26)27)9-29-20(32-18)30-15-2-1-14-8-28-6-3-13(14)7-15/h1-2,7,9-10,28H,3-6,8,11-12H2,(H,29,30,32). The van der Waals surface area contributed by atoms with E-state index >= 15 is 0 Å². The van der Waals surface area contributed by atoms with Gasteiger partial charge in [-0.1, -0.05) is 6.07 Å². The summed E-state index contributed by atoms with van der Waals surface area (Å²) in [6.45, 7) is -0.452. The average Bonchev–Trinajstić information content (AvgIpc) is 3.43. The highest BCUT2D eigenvalue weighted by Crippen LogP contribution is 2.48. The van der Waals surface area contributed by atoms with E-state index in [1.165, 1.54) is 17.3 Å². The van der Waals surface area contributed by atoms with E-state index in [1.54, 1.807) is 5.38 Å². The first-order valence-electron chi connectivity index (χ1n) is 11.4. The second-order valence-electron chi connectivity index (χ2n) is 9.19. The summed E-state index contributed by atoms with van der Waals surface area (Å²) < 4.78 is 55.5. The van der Waals surface area contributed by atoms with Crippen molar-refractivity contribution >= 4 is 34.0 Å². The molecule has 6 rings (SSSR count). The van der Waals surface area contributed by atoms with Crippen LogP contribution in [0.5, 0.6) is 0 Å². The van der Waals surface area contributed by atoms with Gasteiger partial charge in [-0.2, -0.15) is 18.2 Å². The molecule has 0 radical (unpaired) electrons. The predicted octanol–water partition coefficient (Wildman–Crippen LogP) is 3.99. The van der Waals surface area contributed by atoms with Gasteiger partial charge in [-0.25, -0.2) is 19.3 Å². The maximum absolute atomic E-state index is 13.6. The Kier molecular flexibility index (Phi) is 5.37. The number of fused-ring (bicyclic) bond motifs is 2. The highest BCUT2D eigenvalue weighted by atomic mass is 32.1. The molecule has 3 aromatic heterocycles. The van der Waals surface area contributed by atoms with Gasteiger partial charge in [-0.3, -0.25) is 9.18 Å². The van der Waals surface area contributed by atoms with Gasteiger partial charge >= 0.3 is 6.18 Å². The molecule has 1 saturated carbocycles. The van der Waals surface area contributed by atoms with Gasteiger partial charge in [0, 0.05) is 29.2 Å². The number of halogens is 4. The Bertz CT molecular complexity index is 1520. The molecule has 1 aliphatic carbocycles. The molecule has 0 atom stereocenters. The van der Waals surface area contributed by atoms with Crippen molar-refractivity contribution in [2.45, 2.75) is 43.9 Å². The van der Waals surface area contributed by atoms with Crippen LogP contribution in [0.2, 0.25) is 0 Å². The number of hydrogen-bond donors (Lipinski definition) is 2. The van der Waals surface area contributed by atoms with Gasteiger partial charge in [0.15, 0.2) is 5.65 Å². The van der Waals surface area contributed by atoms with Crippen LogP contribution in [0.1, 0.15) is 29.7 Å². The molecule has 1 aliphatic heterocycles. The zero-order chi connectivity index (χ0) is 25.1. The lowest BCUT2D eigenvalue weighted by Gasteiger charge is -2.18. The highest BCUT2D eigenvalue weighted by molar-refractivity contribution is 7.12. The minimum absolute atomic E-state index is 0.00472. The number of nitrogens with one attached hydrogen (secondary N) is 2. The summed E-state index contributed by atoms with van der Waals surface area (Å²) >= 11 is 1.05. The van der Waals surface area contributed by atoms with Crippen LogP contribution in [0.3, 0.4) is 0 Å². The number of hydrogen-bond acceptors (Lipinski definition) is 7. The fourth-order valence-corrected chi connectivity index (χ4v) is 5.45. The number of thiazole rings is 1. The second-order valence-corrected chi connectivity index (χ2v) is 10.0. The molecule has 0 saturated heterocycles. The van der Waals surface area contributed by atoms with Crippen LogP contribution in [0.15, 0.2) is 34.6 Å². The zero-order valence-electron chi connectivity index (χ0n) is 18.9. The Labute approximate surface area is 206 Å². The van der Waals surface area contributed by atoms with Gasteiger partial charge in [-0.05, 0) is 49.1 Å². The predicted molar refractivity (Wildman–Crippen MR) is 127 cm³/mol. The molecule has 1 fully saturated rings. The van der Waals surface area contributed by atoms with Crippen molar-refractivity contribution in [3.63, 3.8) is 0 Å². The first kappa shape index (κ1) is 23.1. The Hall–Kier alpha value is -3.32. The molecule has 4 aromatic rings. The third kappa shape index (κ3) is 4.05. The van der Waals surface area contributed by atoms with Crippen molar-refractivity contribution in [1.29, 1.82) is 0 Å². The molecule has 2 aliphatic rings.